The Morgan fingerprint density at radius 3 is 2.57 bits per heavy atom. The predicted molar refractivity (Wildman–Crippen MR) is 109 cm³/mol. The van der Waals surface area contributed by atoms with Crippen molar-refractivity contribution in [2.24, 2.45) is 4.99 Å². The maximum absolute atomic E-state index is 5.54. The van der Waals surface area contributed by atoms with Crippen molar-refractivity contribution in [2.45, 2.75) is 39.7 Å². The van der Waals surface area contributed by atoms with Gasteiger partial charge in [0.15, 0.2) is 5.96 Å². The zero-order valence-corrected chi connectivity index (χ0v) is 17.5. The Hall–Kier alpha value is -1.02. The molecule has 0 saturated heterocycles. The second-order valence-electron chi connectivity index (χ2n) is 6.08. The summed E-state index contributed by atoms with van der Waals surface area (Å²) in [6.07, 6.45) is 0. The van der Waals surface area contributed by atoms with Crippen molar-refractivity contribution in [1.29, 1.82) is 0 Å². The van der Waals surface area contributed by atoms with Gasteiger partial charge in [-0.2, -0.15) is 0 Å². The number of hydrogen-bond acceptors (Lipinski definition) is 3. The van der Waals surface area contributed by atoms with Crippen molar-refractivity contribution in [1.82, 2.24) is 10.6 Å². The molecule has 2 rings (SSSR count). The van der Waals surface area contributed by atoms with Crippen LogP contribution in [-0.2, 0) is 12.0 Å². The number of rotatable bonds is 5. The van der Waals surface area contributed by atoms with E-state index in [0.717, 1.165) is 29.6 Å². The molecule has 2 N–H and O–H groups in total. The van der Waals surface area contributed by atoms with Gasteiger partial charge in [0.05, 0.1) is 0 Å². The molecular weight excluding hydrogens is 421 g/mol. The highest BCUT2D eigenvalue weighted by Gasteiger charge is 2.21. The number of nitrogens with one attached hydrogen (secondary N) is 2. The van der Waals surface area contributed by atoms with Crippen LogP contribution in [-0.4, -0.2) is 19.6 Å². The summed E-state index contributed by atoms with van der Waals surface area (Å²) < 4.78 is 5.54. The molecule has 2 aromatic rings. The first-order chi connectivity index (χ1) is 10.4. The molecule has 0 aromatic carbocycles. The molecule has 0 aliphatic heterocycles. The largest absolute Gasteiger partial charge is 0.466 e. The van der Waals surface area contributed by atoms with E-state index in [-0.39, 0.29) is 29.4 Å². The first-order valence-corrected chi connectivity index (χ1v) is 8.35. The van der Waals surface area contributed by atoms with E-state index in [4.69, 9.17) is 4.42 Å². The lowest BCUT2D eigenvalue weighted by molar-refractivity contribution is 0.500. The Kier molecular flexibility index (Phi) is 7.60. The van der Waals surface area contributed by atoms with Crippen LogP contribution in [0.4, 0.5) is 0 Å². The number of halogens is 1. The summed E-state index contributed by atoms with van der Waals surface area (Å²) in [7, 11) is 1.79. The van der Waals surface area contributed by atoms with E-state index >= 15 is 0 Å². The molecule has 4 nitrogen and oxygen atoms in total. The molecule has 0 unspecified atom stereocenters. The molecule has 0 aliphatic carbocycles. The molecule has 0 bridgehead atoms. The minimum atomic E-state index is 0. The smallest absolute Gasteiger partial charge is 0.191 e. The second-order valence-corrected chi connectivity index (χ2v) is 7.03. The van der Waals surface area contributed by atoms with Gasteiger partial charge in [-0.1, -0.05) is 19.9 Å². The van der Waals surface area contributed by atoms with Crippen molar-refractivity contribution in [2.75, 3.05) is 13.6 Å². The van der Waals surface area contributed by atoms with Crippen molar-refractivity contribution < 1.29 is 4.42 Å². The molecule has 23 heavy (non-hydrogen) atoms. The maximum atomic E-state index is 5.54. The van der Waals surface area contributed by atoms with Crippen LogP contribution >= 0.6 is 35.3 Å². The topological polar surface area (TPSA) is 49.6 Å². The van der Waals surface area contributed by atoms with Crippen LogP contribution in [0.2, 0.25) is 0 Å². The van der Waals surface area contributed by atoms with Crippen molar-refractivity contribution >= 4 is 41.3 Å². The fourth-order valence-electron chi connectivity index (χ4n) is 2.31. The van der Waals surface area contributed by atoms with Crippen LogP contribution in [0.3, 0.4) is 0 Å². The van der Waals surface area contributed by atoms with Gasteiger partial charge in [0.2, 0.25) is 0 Å². The number of hydrogen-bond donors (Lipinski definition) is 2. The summed E-state index contributed by atoms with van der Waals surface area (Å²) in [5, 5.41) is 8.87. The quantitative estimate of drug-likeness (QED) is 0.410. The van der Waals surface area contributed by atoms with E-state index in [0.29, 0.717) is 6.54 Å². The number of guanidine groups is 1. The maximum Gasteiger partial charge on any atom is 0.191 e. The van der Waals surface area contributed by atoms with E-state index in [1.54, 1.807) is 18.4 Å². The summed E-state index contributed by atoms with van der Waals surface area (Å²) in [5.74, 6) is 2.71. The third-order valence-electron chi connectivity index (χ3n) is 3.70. The first-order valence-electron chi connectivity index (χ1n) is 7.47. The molecule has 0 radical (unpaired) electrons. The normalized spacial score (nSPS) is 12.0. The molecule has 2 aromatic heterocycles. The van der Waals surface area contributed by atoms with Gasteiger partial charge in [-0.25, -0.2) is 0 Å². The van der Waals surface area contributed by atoms with Crippen molar-refractivity contribution in [3.63, 3.8) is 0 Å². The average Bonchev–Trinajstić information content (AvgIpc) is 3.09. The molecule has 0 atom stereocenters. The van der Waals surface area contributed by atoms with E-state index in [9.17, 15) is 0 Å². The van der Waals surface area contributed by atoms with E-state index in [2.05, 4.69) is 53.1 Å². The first kappa shape index (κ1) is 20.0. The molecule has 0 spiro atoms. The fraction of sp³-hybridized carbons (Fsp3) is 0.471. The highest BCUT2D eigenvalue weighted by atomic mass is 127. The lowest BCUT2D eigenvalue weighted by atomic mass is 9.91. The monoisotopic (exact) mass is 447 g/mol. The van der Waals surface area contributed by atoms with Gasteiger partial charge >= 0.3 is 0 Å². The van der Waals surface area contributed by atoms with Gasteiger partial charge in [-0.15, -0.1) is 35.3 Å². The summed E-state index contributed by atoms with van der Waals surface area (Å²) in [6, 6.07) is 6.34. The van der Waals surface area contributed by atoms with Crippen molar-refractivity contribution in [3.05, 3.63) is 45.5 Å². The van der Waals surface area contributed by atoms with Crippen LogP contribution in [0.5, 0.6) is 0 Å². The molecule has 0 amide bonds. The highest BCUT2D eigenvalue weighted by Crippen LogP contribution is 2.26. The second kappa shape index (κ2) is 8.73. The van der Waals surface area contributed by atoms with Crippen LogP contribution in [0, 0.1) is 13.8 Å². The Morgan fingerprint density at radius 2 is 2.04 bits per heavy atom. The number of furan rings is 1. The summed E-state index contributed by atoms with van der Waals surface area (Å²) in [5.41, 5.74) is 1.24. The Labute approximate surface area is 159 Å². The van der Waals surface area contributed by atoms with Gasteiger partial charge < -0.3 is 15.1 Å². The summed E-state index contributed by atoms with van der Waals surface area (Å²) >= 11 is 1.79. The molecule has 6 heteroatoms. The molecule has 128 valence electrons. The Morgan fingerprint density at radius 1 is 1.30 bits per heavy atom. The molecule has 2 heterocycles. The van der Waals surface area contributed by atoms with Gasteiger partial charge in [0.25, 0.3) is 0 Å². The zero-order valence-electron chi connectivity index (χ0n) is 14.4. The van der Waals surface area contributed by atoms with Crippen LogP contribution in [0.1, 0.15) is 35.8 Å². The number of nitrogens with zero attached hydrogens (tertiary/aromatic N) is 1. The molecule has 0 fully saturated rings. The average molecular weight is 447 g/mol. The standard InChI is InChI=1S/C17H25N3OS.HI/c1-12-9-14(13(2)21-12)10-19-16(18-5)20-11-17(3,4)15-7-6-8-22-15;/h6-9H,10-11H2,1-5H3,(H2,18,19,20);1H. The Bertz CT molecular complexity index is 632. The predicted octanol–water partition coefficient (Wildman–Crippen LogP) is 4.22. The zero-order chi connectivity index (χ0) is 16.2. The minimum Gasteiger partial charge on any atom is -0.466 e. The molecular formula is C17H26IN3OS. The van der Waals surface area contributed by atoms with Gasteiger partial charge in [0, 0.05) is 36.0 Å². The van der Waals surface area contributed by atoms with Gasteiger partial charge in [-0.3, -0.25) is 4.99 Å². The third kappa shape index (κ3) is 5.53. The lowest BCUT2D eigenvalue weighted by Crippen LogP contribution is -2.42. The third-order valence-corrected chi connectivity index (χ3v) is 4.94. The van der Waals surface area contributed by atoms with Crippen LogP contribution in [0.15, 0.2) is 33.0 Å². The van der Waals surface area contributed by atoms with Gasteiger partial charge in [0.1, 0.15) is 11.5 Å². The Balaban J connectivity index is 0.00000264. The lowest BCUT2D eigenvalue weighted by Gasteiger charge is -2.25. The van der Waals surface area contributed by atoms with Crippen LogP contribution in [0.25, 0.3) is 0 Å². The van der Waals surface area contributed by atoms with E-state index < -0.39 is 0 Å². The van der Waals surface area contributed by atoms with E-state index in [1.165, 1.54) is 4.88 Å². The minimum absolute atomic E-state index is 0. The number of thiophene rings is 1. The highest BCUT2D eigenvalue weighted by molar-refractivity contribution is 14.0. The number of aryl methyl sites for hydroxylation is 2. The van der Waals surface area contributed by atoms with E-state index in [1.807, 2.05) is 13.8 Å². The summed E-state index contributed by atoms with van der Waals surface area (Å²) in [4.78, 5) is 5.66. The fourth-order valence-corrected chi connectivity index (χ4v) is 3.17. The summed E-state index contributed by atoms with van der Waals surface area (Å²) in [6.45, 7) is 9.97. The molecule has 0 aliphatic rings. The molecule has 0 saturated carbocycles. The van der Waals surface area contributed by atoms with Crippen LogP contribution < -0.4 is 10.6 Å². The SMILES string of the molecule is CN=C(NCc1cc(C)oc1C)NCC(C)(C)c1cccs1.I. The van der Waals surface area contributed by atoms with Gasteiger partial charge in [-0.05, 0) is 31.4 Å². The van der Waals surface area contributed by atoms with Crippen molar-refractivity contribution in [3.8, 4) is 0 Å². The number of aliphatic imine (C=N–C) groups is 1.